The number of carbonyl (C=O) groups is 4. The fraction of sp³-hybridized carbons (Fsp3) is 0. The molecule has 11 heteroatoms. The number of rotatable bonds is 4. The van der Waals surface area contributed by atoms with E-state index in [-0.39, 0.29) is 39.6 Å². The van der Waals surface area contributed by atoms with Crippen LogP contribution in [0.15, 0.2) is 24.3 Å². The van der Waals surface area contributed by atoms with E-state index in [1.165, 1.54) is 0 Å². The SMILES string of the molecule is O.O=C([O-])/C=C/C(=O)[O-].O=C([O-])/C=C/C(=O)[O-].[Fe+2].[Fe+2]. The summed E-state index contributed by atoms with van der Waals surface area (Å²) in [5, 5.41) is 37.7. The first-order valence-corrected chi connectivity index (χ1v) is 3.45. The zero-order chi connectivity index (χ0) is 13.1. The molecule has 0 spiro atoms. The predicted octanol–water partition coefficient (Wildman–Crippen LogP) is -6.74. The maximum Gasteiger partial charge on any atom is 2.00 e. The third-order valence-electron chi connectivity index (χ3n) is 0.711. The Morgan fingerprint density at radius 3 is 0.684 bits per heavy atom. The summed E-state index contributed by atoms with van der Waals surface area (Å²) < 4.78 is 0. The number of hydrogen-bond donors (Lipinski definition) is 0. The van der Waals surface area contributed by atoms with E-state index in [4.69, 9.17) is 0 Å². The van der Waals surface area contributed by atoms with Crippen molar-refractivity contribution in [2.24, 2.45) is 0 Å². The minimum absolute atomic E-state index is 0. The molecule has 0 aromatic rings. The van der Waals surface area contributed by atoms with Gasteiger partial charge < -0.3 is 45.1 Å². The molecule has 0 aliphatic heterocycles. The van der Waals surface area contributed by atoms with Gasteiger partial charge in [-0.15, -0.1) is 0 Å². The van der Waals surface area contributed by atoms with E-state index < -0.39 is 23.9 Å². The third-order valence-corrected chi connectivity index (χ3v) is 0.711. The van der Waals surface area contributed by atoms with Gasteiger partial charge in [0.1, 0.15) is 0 Å². The average Bonchev–Trinajstić information content (AvgIpc) is 2.12. The molecule has 0 heterocycles. The largest absolute Gasteiger partial charge is 2.00 e. The summed E-state index contributed by atoms with van der Waals surface area (Å²) in [7, 11) is 0. The fourth-order valence-corrected chi connectivity index (χ4v) is 0.272. The van der Waals surface area contributed by atoms with Crippen molar-refractivity contribution in [1.82, 2.24) is 0 Å². The normalized spacial score (nSPS) is 8.00. The van der Waals surface area contributed by atoms with Crippen LogP contribution in [0.3, 0.4) is 0 Å². The van der Waals surface area contributed by atoms with Gasteiger partial charge in [-0.1, -0.05) is 0 Å². The Hall–Kier alpha value is -1.64. The molecule has 0 unspecified atom stereocenters. The second-order valence-corrected chi connectivity index (χ2v) is 1.94. The van der Waals surface area contributed by atoms with Crippen molar-refractivity contribution in [2.45, 2.75) is 0 Å². The fourth-order valence-electron chi connectivity index (χ4n) is 0.272. The van der Waals surface area contributed by atoms with E-state index in [9.17, 15) is 39.6 Å². The van der Waals surface area contributed by atoms with Crippen molar-refractivity contribution >= 4 is 23.9 Å². The van der Waals surface area contributed by atoms with E-state index in [1.54, 1.807) is 0 Å². The molecule has 0 amide bonds. The molecule has 2 N–H and O–H groups in total. The van der Waals surface area contributed by atoms with Gasteiger partial charge in [0.25, 0.3) is 0 Å². The summed E-state index contributed by atoms with van der Waals surface area (Å²) in [6, 6.07) is 0. The zero-order valence-electron chi connectivity index (χ0n) is 8.78. The molecule has 108 valence electrons. The summed E-state index contributed by atoms with van der Waals surface area (Å²) in [6.07, 6.45) is 1.54. The third kappa shape index (κ3) is 48.3. The Morgan fingerprint density at radius 1 is 0.526 bits per heavy atom. The van der Waals surface area contributed by atoms with Gasteiger partial charge in [-0.25, -0.2) is 0 Å². The molecule has 0 radical (unpaired) electrons. The molecule has 0 aromatic heterocycles. The summed E-state index contributed by atoms with van der Waals surface area (Å²) in [4.78, 5) is 37.7. The second kappa shape index (κ2) is 18.7. The van der Waals surface area contributed by atoms with Crippen molar-refractivity contribution in [3.05, 3.63) is 24.3 Å². The summed E-state index contributed by atoms with van der Waals surface area (Å²) >= 11 is 0. The summed E-state index contributed by atoms with van der Waals surface area (Å²) in [6.45, 7) is 0. The molecule has 0 rings (SSSR count). The molecule has 19 heavy (non-hydrogen) atoms. The van der Waals surface area contributed by atoms with Crippen LogP contribution in [0.1, 0.15) is 0 Å². The smallest absolute Gasteiger partial charge is 0.545 e. The number of hydrogen-bond acceptors (Lipinski definition) is 8. The number of carboxylic acid groups (broad SMARTS) is 4. The van der Waals surface area contributed by atoms with Crippen molar-refractivity contribution in [2.75, 3.05) is 0 Å². The van der Waals surface area contributed by atoms with Gasteiger partial charge in [-0.3, -0.25) is 0 Å². The number of carbonyl (C=O) groups excluding carboxylic acids is 4. The van der Waals surface area contributed by atoms with Crippen LogP contribution in [-0.4, -0.2) is 29.4 Å². The Labute approximate surface area is 127 Å². The molecule has 0 aromatic carbocycles. The Balaban J connectivity index is -0.0000000594. The number of aliphatic carboxylic acids is 4. The van der Waals surface area contributed by atoms with E-state index in [0.29, 0.717) is 24.3 Å². The molecule has 0 aliphatic rings. The first-order chi connectivity index (χ1) is 7.25. The zero-order valence-corrected chi connectivity index (χ0v) is 11.0. The average molecular weight is 358 g/mol. The maximum absolute atomic E-state index is 9.41. The molecular formula is C8H6Fe2O9. The Kier molecular flexibility index (Phi) is 30.0. The van der Waals surface area contributed by atoms with Gasteiger partial charge in [0.2, 0.25) is 0 Å². The Morgan fingerprint density at radius 2 is 0.632 bits per heavy atom. The van der Waals surface area contributed by atoms with Crippen LogP contribution >= 0.6 is 0 Å². The Bertz CT molecular complexity index is 282. The first-order valence-electron chi connectivity index (χ1n) is 3.45. The van der Waals surface area contributed by atoms with Crippen LogP contribution in [-0.2, 0) is 53.3 Å². The van der Waals surface area contributed by atoms with E-state index in [0.717, 1.165) is 0 Å². The molecular weight excluding hydrogens is 352 g/mol. The van der Waals surface area contributed by atoms with Crippen molar-refractivity contribution in [3.63, 3.8) is 0 Å². The standard InChI is InChI=1S/2C4H4O4.2Fe.H2O/c2*5-3(6)1-2-4(7)8;;;/h2*1-2H,(H,5,6)(H,7,8);;;1H2/q;;2*+2;/p-4/b2*2-1+;;;. The predicted molar refractivity (Wildman–Crippen MR) is 41.9 cm³/mol. The molecule has 0 atom stereocenters. The van der Waals surface area contributed by atoms with Crippen molar-refractivity contribution in [1.29, 1.82) is 0 Å². The van der Waals surface area contributed by atoms with E-state index >= 15 is 0 Å². The summed E-state index contributed by atoms with van der Waals surface area (Å²) in [5.74, 6) is -6.19. The second-order valence-electron chi connectivity index (χ2n) is 1.94. The summed E-state index contributed by atoms with van der Waals surface area (Å²) in [5.41, 5.74) is 0. The van der Waals surface area contributed by atoms with Crippen molar-refractivity contribution < 1.29 is 79.2 Å². The monoisotopic (exact) mass is 358 g/mol. The van der Waals surface area contributed by atoms with Crippen LogP contribution in [0.25, 0.3) is 0 Å². The van der Waals surface area contributed by atoms with Gasteiger partial charge in [0, 0.05) is 0 Å². The van der Waals surface area contributed by atoms with E-state index in [1.807, 2.05) is 0 Å². The van der Waals surface area contributed by atoms with Crippen LogP contribution in [0.4, 0.5) is 0 Å². The molecule has 0 saturated heterocycles. The topological polar surface area (TPSA) is 192 Å². The van der Waals surface area contributed by atoms with E-state index in [2.05, 4.69) is 0 Å². The van der Waals surface area contributed by atoms with Gasteiger partial charge in [0.15, 0.2) is 0 Å². The van der Waals surface area contributed by atoms with Gasteiger partial charge in [0.05, 0.1) is 23.9 Å². The van der Waals surface area contributed by atoms with Gasteiger partial charge in [-0.2, -0.15) is 0 Å². The van der Waals surface area contributed by atoms with Crippen molar-refractivity contribution in [3.8, 4) is 0 Å². The minimum atomic E-state index is -1.55. The van der Waals surface area contributed by atoms with Gasteiger partial charge in [-0.05, 0) is 24.3 Å². The van der Waals surface area contributed by atoms with Crippen LogP contribution in [0.5, 0.6) is 0 Å². The molecule has 0 saturated carbocycles. The van der Waals surface area contributed by atoms with Crippen LogP contribution in [0, 0.1) is 0 Å². The maximum atomic E-state index is 9.41. The van der Waals surface area contributed by atoms with Gasteiger partial charge >= 0.3 is 34.1 Å². The molecule has 0 aliphatic carbocycles. The quantitative estimate of drug-likeness (QED) is 0.349. The minimum Gasteiger partial charge on any atom is -0.545 e. The van der Waals surface area contributed by atoms with Crippen LogP contribution in [0.2, 0.25) is 0 Å². The molecule has 0 bridgehead atoms. The number of carboxylic acids is 4. The molecule has 9 nitrogen and oxygen atoms in total. The van der Waals surface area contributed by atoms with Crippen LogP contribution < -0.4 is 20.4 Å². The first kappa shape index (κ1) is 30.4. The molecule has 0 fully saturated rings.